The van der Waals surface area contributed by atoms with Crippen molar-refractivity contribution >= 4 is 12.0 Å². The van der Waals surface area contributed by atoms with E-state index in [9.17, 15) is 9.59 Å². The van der Waals surface area contributed by atoms with Crippen molar-refractivity contribution in [3.05, 3.63) is 66.0 Å². The van der Waals surface area contributed by atoms with E-state index in [0.717, 1.165) is 24.1 Å². The summed E-state index contributed by atoms with van der Waals surface area (Å²) < 4.78 is 5.12. The Morgan fingerprint density at radius 2 is 1.96 bits per heavy atom. The van der Waals surface area contributed by atoms with E-state index in [4.69, 9.17) is 4.74 Å². The highest BCUT2D eigenvalue weighted by Gasteiger charge is 2.30. The standard InChI is InChI=1S/C19H21N3O3/c23-18(13-21-19(24)25-14-15-7-2-1-3-8-15)22-12-6-10-17(22)16-9-4-5-11-20-16/h1-5,7-9,11,17H,6,10,12-14H2,(H,21,24)/t17-/m1/s1. The van der Waals surface area contributed by atoms with E-state index in [-0.39, 0.29) is 25.1 Å². The molecule has 1 aliphatic heterocycles. The highest BCUT2D eigenvalue weighted by Crippen LogP contribution is 2.30. The summed E-state index contributed by atoms with van der Waals surface area (Å²) >= 11 is 0. The number of carbonyl (C=O) groups excluding carboxylic acids is 2. The highest BCUT2D eigenvalue weighted by atomic mass is 16.5. The van der Waals surface area contributed by atoms with Crippen molar-refractivity contribution in [3.63, 3.8) is 0 Å². The van der Waals surface area contributed by atoms with Crippen molar-refractivity contribution < 1.29 is 14.3 Å². The lowest BCUT2D eigenvalue weighted by Crippen LogP contribution is -2.40. The zero-order valence-electron chi connectivity index (χ0n) is 13.9. The maximum atomic E-state index is 12.4. The van der Waals surface area contributed by atoms with Gasteiger partial charge in [0.15, 0.2) is 0 Å². The molecule has 0 unspecified atom stereocenters. The summed E-state index contributed by atoms with van der Waals surface area (Å²) in [5.41, 5.74) is 1.79. The van der Waals surface area contributed by atoms with Gasteiger partial charge in [0.05, 0.1) is 11.7 Å². The average Bonchev–Trinajstić information content (AvgIpc) is 3.16. The van der Waals surface area contributed by atoms with E-state index in [2.05, 4.69) is 10.3 Å². The van der Waals surface area contributed by atoms with E-state index in [0.29, 0.717) is 6.54 Å². The Bertz CT molecular complexity index is 706. The van der Waals surface area contributed by atoms with Gasteiger partial charge in [0.25, 0.3) is 0 Å². The normalized spacial score (nSPS) is 16.5. The van der Waals surface area contributed by atoms with E-state index in [1.807, 2.05) is 48.5 Å². The number of alkyl carbamates (subject to hydrolysis) is 1. The largest absolute Gasteiger partial charge is 0.445 e. The molecule has 1 atom stereocenters. The number of carbonyl (C=O) groups is 2. The molecule has 0 saturated carbocycles. The maximum absolute atomic E-state index is 12.4. The summed E-state index contributed by atoms with van der Waals surface area (Å²) in [7, 11) is 0. The lowest BCUT2D eigenvalue weighted by Gasteiger charge is -2.24. The van der Waals surface area contributed by atoms with Crippen molar-refractivity contribution in [3.8, 4) is 0 Å². The monoisotopic (exact) mass is 339 g/mol. The van der Waals surface area contributed by atoms with Crippen molar-refractivity contribution in [2.45, 2.75) is 25.5 Å². The Kier molecular flexibility index (Phi) is 5.61. The first kappa shape index (κ1) is 17.0. The first-order chi connectivity index (χ1) is 12.2. The van der Waals surface area contributed by atoms with Crippen LogP contribution in [0.4, 0.5) is 4.79 Å². The number of nitrogens with one attached hydrogen (secondary N) is 1. The molecule has 25 heavy (non-hydrogen) atoms. The number of ether oxygens (including phenoxy) is 1. The van der Waals surface area contributed by atoms with Crippen LogP contribution in [0, 0.1) is 0 Å². The summed E-state index contributed by atoms with van der Waals surface area (Å²) in [6.45, 7) is 0.791. The van der Waals surface area contributed by atoms with Crippen LogP contribution in [0.3, 0.4) is 0 Å². The van der Waals surface area contributed by atoms with Gasteiger partial charge >= 0.3 is 6.09 Å². The van der Waals surface area contributed by atoms with Crippen LogP contribution in [0.5, 0.6) is 0 Å². The minimum Gasteiger partial charge on any atom is -0.445 e. The lowest BCUT2D eigenvalue weighted by atomic mass is 10.1. The molecule has 0 bridgehead atoms. The Balaban J connectivity index is 1.47. The Labute approximate surface area is 146 Å². The zero-order chi connectivity index (χ0) is 17.5. The molecule has 1 aliphatic rings. The number of hydrogen-bond acceptors (Lipinski definition) is 4. The topological polar surface area (TPSA) is 71.5 Å². The quantitative estimate of drug-likeness (QED) is 0.909. The molecule has 130 valence electrons. The third-order valence-corrected chi connectivity index (χ3v) is 4.20. The minimum atomic E-state index is -0.592. The van der Waals surface area contributed by atoms with Gasteiger partial charge < -0.3 is 15.0 Å². The van der Waals surface area contributed by atoms with Crippen LogP contribution in [0.1, 0.15) is 30.1 Å². The molecule has 2 amide bonds. The molecule has 1 aromatic heterocycles. The molecule has 0 spiro atoms. The first-order valence-corrected chi connectivity index (χ1v) is 8.39. The number of nitrogens with zero attached hydrogens (tertiary/aromatic N) is 2. The number of aromatic nitrogens is 1. The summed E-state index contributed by atoms with van der Waals surface area (Å²) in [5.74, 6) is -0.121. The third kappa shape index (κ3) is 4.56. The van der Waals surface area contributed by atoms with Gasteiger partial charge in [-0.1, -0.05) is 36.4 Å². The van der Waals surface area contributed by atoms with Gasteiger partial charge in [-0.05, 0) is 30.5 Å². The number of hydrogen-bond donors (Lipinski definition) is 1. The Morgan fingerprint density at radius 1 is 1.16 bits per heavy atom. The van der Waals surface area contributed by atoms with Crippen molar-refractivity contribution in [2.24, 2.45) is 0 Å². The smallest absolute Gasteiger partial charge is 0.407 e. The van der Waals surface area contributed by atoms with Gasteiger partial charge in [0, 0.05) is 12.7 Å². The number of rotatable bonds is 5. The Hall–Kier alpha value is -2.89. The molecule has 2 aromatic rings. The fraction of sp³-hybridized carbons (Fsp3) is 0.316. The van der Waals surface area contributed by atoms with Gasteiger partial charge in [0.1, 0.15) is 13.2 Å². The van der Waals surface area contributed by atoms with Crippen LogP contribution in [0.25, 0.3) is 0 Å². The second-order valence-corrected chi connectivity index (χ2v) is 5.92. The SMILES string of the molecule is O=C(NCC(=O)N1CCC[C@@H]1c1ccccn1)OCc1ccccc1. The summed E-state index contributed by atoms with van der Waals surface area (Å²) in [6, 6.07) is 15.1. The van der Waals surface area contributed by atoms with Crippen molar-refractivity contribution in [1.29, 1.82) is 0 Å². The Morgan fingerprint density at radius 3 is 2.72 bits per heavy atom. The molecule has 0 aliphatic carbocycles. The fourth-order valence-corrected chi connectivity index (χ4v) is 2.97. The maximum Gasteiger partial charge on any atom is 0.407 e. The number of amides is 2. The van der Waals surface area contributed by atoms with E-state index in [1.54, 1.807) is 11.1 Å². The van der Waals surface area contributed by atoms with Crippen LogP contribution < -0.4 is 5.32 Å². The van der Waals surface area contributed by atoms with E-state index in [1.165, 1.54) is 0 Å². The molecule has 1 N–H and O–H groups in total. The van der Waals surface area contributed by atoms with Crippen LogP contribution >= 0.6 is 0 Å². The summed E-state index contributed by atoms with van der Waals surface area (Å²) in [5, 5.41) is 2.53. The molecule has 1 saturated heterocycles. The summed E-state index contributed by atoms with van der Waals surface area (Å²) in [6.07, 6.45) is 2.97. The van der Waals surface area contributed by atoms with Crippen LogP contribution in [0.2, 0.25) is 0 Å². The van der Waals surface area contributed by atoms with E-state index >= 15 is 0 Å². The number of benzene rings is 1. The van der Waals surface area contributed by atoms with Crippen LogP contribution in [0.15, 0.2) is 54.7 Å². The van der Waals surface area contributed by atoms with Gasteiger partial charge in [-0.25, -0.2) is 4.79 Å². The molecule has 1 fully saturated rings. The van der Waals surface area contributed by atoms with Crippen LogP contribution in [-0.2, 0) is 16.1 Å². The molecule has 6 nitrogen and oxygen atoms in total. The van der Waals surface area contributed by atoms with E-state index < -0.39 is 6.09 Å². The molecule has 3 rings (SSSR count). The molecular formula is C19H21N3O3. The van der Waals surface area contributed by atoms with Gasteiger partial charge in [0.2, 0.25) is 5.91 Å². The minimum absolute atomic E-state index is 0.0177. The zero-order valence-corrected chi connectivity index (χ0v) is 13.9. The van der Waals surface area contributed by atoms with Gasteiger partial charge in [-0.2, -0.15) is 0 Å². The molecule has 2 heterocycles. The second-order valence-electron chi connectivity index (χ2n) is 5.92. The molecular weight excluding hydrogens is 318 g/mol. The van der Waals surface area contributed by atoms with Gasteiger partial charge in [-0.3, -0.25) is 9.78 Å². The highest BCUT2D eigenvalue weighted by molar-refractivity contribution is 5.82. The third-order valence-electron chi connectivity index (χ3n) is 4.20. The van der Waals surface area contributed by atoms with Crippen molar-refractivity contribution in [2.75, 3.05) is 13.1 Å². The number of pyridine rings is 1. The van der Waals surface area contributed by atoms with Crippen LogP contribution in [-0.4, -0.2) is 35.0 Å². The molecule has 6 heteroatoms. The first-order valence-electron chi connectivity index (χ1n) is 8.39. The molecule has 1 aromatic carbocycles. The fourth-order valence-electron chi connectivity index (χ4n) is 2.97. The van der Waals surface area contributed by atoms with Gasteiger partial charge in [-0.15, -0.1) is 0 Å². The van der Waals surface area contributed by atoms with Crippen molar-refractivity contribution in [1.82, 2.24) is 15.2 Å². The molecule has 0 radical (unpaired) electrons. The summed E-state index contributed by atoms with van der Waals surface area (Å²) in [4.78, 5) is 30.3. The number of likely N-dealkylation sites (tertiary alicyclic amines) is 1. The lowest BCUT2D eigenvalue weighted by molar-refractivity contribution is -0.131. The predicted octanol–water partition coefficient (Wildman–Crippen LogP) is 2.67. The second kappa shape index (κ2) is 8.28. The average molecular weight is 339 g/mol. The predicted molar refractivity (Wildman–Crippen MR) is 92.6 cm³/mol.